The summed E-state index contributed by atoms with van der Waals surface area (Å²) in [5.41, 5.74) is 0. The summed E-state index contributed by atoms with van der Waals surface area (Å²) in [4.78, 5) is 4.29. The van der Waals surface area contributed by atoms with Crippen LogP contribution in [0.1, 0.15) is 19.3 Å². The van der Waals surface area contributed by atoms with Gasteiger partial charge in [-0.2, -0.15) is 5.26 Å². The van der Waals surface area contributed by atoms with Crippen molar-refractivity contribution in [1.29, 1.82) is 5.26 Å². The molecule has 1 aliphatic carbocycles. The monoisotopic (exact) mass is 311 g/mol. The molecule has 1 atom stereocenters. The van der Waals surface area contributed by atoms with Crippen molar-refractivity contribution in [3.05, 3.63) is 22.8 Å². The lowest BCUT2D eigenvalue weighted by molar-refractivity contribution is 0.587. The summed E-state index contributed by atoms with van der Waals surface area (Å²) in [7, 11) is 0. The van der Waals surface area contributed by atoms with Gasteiger partial charge in [0.2, 0.25) is 0 Å². The van der Waals surface area contributed by atoms with E-state index in [1.165, 1.54) is 12.8 Å². The van der Waals surface area contributed by atoms with Crippen molar-refractivity contribution in [2.45, 2.75) is 36.4 Å². The van der Waals surface area contributed by atoms with Gasteiger partial charge in [0.1, 0.15) is 0 Å². The summed E-state index contributed by atoms with van der Waals surface area (Å²) >= 11 is 5.05. The summed E-state index contributed by atoms with van der Waals surface area (Å²) in [6, 6.07) is 6.88. The third-order valence-electron chi connectivity index (χ3n) is 2.53. The normalized spacial score (nSPS) is 16.5. The van der Waals surface area contributed by atoms with Crippen molar-refractivity contribution >= 4 is 27.7 Å². The lowest BCUT2D eigenvalue weighted by Crippen LogP contribution is -2.29. The fraction of sp³-hybridized carbons (Fsp3) is 0.500. The number of hydrogen-bond acceptors (Lipinski definition) is 4. The molecule has 1 fully saturated rings. The quantitative estimate of drug-likeness (QED) is 0.821. The van der Waals surface area contributed by atoms with Crippen molar-refractivity contribution in [3.8, 4) is 6.07 Å². The van der Waals surface area contributed by atoms with E-state index in [4.69, 9.17) is 5.26 Å². The highest BCUT2D eigenvalue weighted by Crippen LogP contribution is 2.22. The van der Waals surface area contributed by atoms with Crippen molar-refractivity contribution in [1.82, 2.24) is 10.3 Å². The first-order valence-corrected chi connectivity index (χ1v) is 7.46. The lowest BCUT2D eigenvalue weighted by Gasteiger charge is -2.09. The van der Waals surface area contributed by atoms with Crippen LogP contribution in [0.4, 0.5) is 0 Å². The third-order valence-corrected chi connectivity index (χ3v) is 3.97. The van der Waals surface area contributed by atoms with Crippen molar-refractivity contribution in [2.75, 3.05) is 5.75 Å². The van der Waals surface area contributed by atoms with E-state index in [1.54, 1.807) is 18.0 Å². The maximum Gasteiger partial charge on any atom is 0.0963 e. The molecule has 0 aliphatic heterocycles. The second kappa shape index (κ2) is 6.39. The molecule has 3 nitrogen and oxygen atoms in total. The molecule has 1 aromatic rings. The largest absolute Gasteiger partial charge is 0.299 e. The van der Waals surface area contributed by atoms with Crippen molar-refractivity contribution in [3.63, 3.8) is 0 Å². The Bertz CT molecular complexity index is 397. The zero-order chi connectivity index (χ0) is 12.1. The number of rotatable bonds is 6. The number of nitrogens with zero attached hydrogens (tertiary/aromatic N) is 2. The molecule has 2 rings (SSSR count). The number of halogens is 1. The average molecular weight is 312 g/mol. The molecule has 1 aliphatic rings. The number of pyridine rings is 1. The summed E-state index contributed by atoms with van der Waals surface area (Å²) in [5.74, 6) is 0.923. The Morgan fingerprint density at radius 3 is 3.00 bits per heavy atom. The van der Waals surface area contributed by atoms with Crippen LogP contribution in [0.15, 0.2) is 27.8 Å². The molecular weight excluding hydrogens is 298 g/mol. The van der Waals surface area contributed by atoms with Crippen LogP contribution >= 0.6 is 27.7 Å². The third kappa shape index (κ3) is 4.66. The zero-order valence-corrected chi connectivity index (χ0v) is 11.8. The van der Waals surface area contributed by atoms with Gasteiger partial charge in [-0.05, 0) is 47.3 Å². The van der Waals surface area contributed by atoms with E-state index >= 15 is 0 Å². The highest BCUT2D eigenvalue weighted by Gasteiger charge is 2.24. The van der Waals surface area contributed by atoms with Crippen LogP contribution in [0.25, 0.3) is 0 Å². The minimum Gasteiger partial charge on any atom is -0.299 e. The van der Waals surface area contributed by atoms with Gasteiger partial charge in [-0.25, -0.2) is 4.98 Å². The fourth-order valence-corrected chi connectivity index (χ4v) is 2.54. The van der Waals surface area contributed by atoms with Crippen LogP contribution in [0.5, 0.6) is 0 Å². The molecule has 0 spiro atoms. The highest BCUT2D eigenvalue weighted by molar-refractivity contribution is 9.10. The Morgan fingerprint density at radius 1 is 1.59 bits per heavy atom. The molecule has 17 heavy (non-hydrogen) atoms. The molecule has 1 unspecified atom stereocenters. The predicted octanol–water partition coefficient (Wildman–Crippen LogP) is 2.97. The molecule has 1 N–H and O–H groups in total. The van der Waals surface area contributed by atoms with Gasteiger partial charge in [0.15, 0.2) is 0 Å². The minimum atomic E-state index is -0.00884. The summed E-state index contributed by atoms with van der Waals surface area (Å²) < 4.78 is 0.993. The number of nitriles is 1. The van der Waals surface area contributed by atoms with Crippen LogP contribution in [0.3, 0.4) is 0 Å². The number of nitrogens with one attached hydrogen (secondary N) is 1. The zero-order valence-electron chi connectivity index (χ0n) is 9.40. The van der Waals surface area contributed by atoms with Crippen LogP contribution in [-0.2, 0) is 0 Å². The molecule has 0 saturated heterocycles. The molecular formula is C12H14BrN3S. The SMILES string of the molecule is N#CC(CCSc1ccc(Br)cn1)NC1CC1. The van der Waals surface area contributed by atoms with Crippen LogP contribution in [-0.4, -0.2) is 22.8 Å². The molecule has 1 aromatic heterocycles. The Labute approximate surface area is 114 Å². The molecule has 0 bridgehead atoms. The molecule has 0 amide bonds. The molecule has 1 heterocycles. The highest BCUT2D eigenvalue weighted by atomic mass is 79.9. The number of aromatic nitrogens is 1. The Morgan fingerprint density at radius 2 is 2.41 bits per heavy atom. The van der Waals surface area contributed by atoms with E-state index < -0.39 is 0 Å². The van der Waals surface area contributed by atoms with Gasteiger partial charge < -0.3 is 0 Å². The lowest BCUT2D eigenvalue weighted by atomic mass is 10.2. The predicted molar refractivity (Wildman–Crippen MR) is 72.8 cm³/mol. The summed E-state index contributed by atoms with van der Waals surface area (Å²) in [6.45, 7) is 0. The standard InChI is InChI=1S/C12H14BrN3S/c13-9-1-4-12(15-8-9)17-6-5-11(7-14)16-10-2-3-10/h1,4,8,10-11,16H,2-3,5-6H2. The Kier molecular flexibility index (Phi) is 4.84. The van der Waals surface area contributed by atoms with Gasteiger partial charge >= 0.3 is 0 Å². The van der Waals surface area contributed by atoms with Crippen LogP contribution in [0, 0.1) is 11.3 Å². The first-order chi connectivity index (χ1) is 8.28. The molecule has 90 valence electrons. The first kappa shape index (κ1) is 12.9. The van der Waals surface area contributed by atoms with Crippen LogP contribution in [0.2, 0.25) is 0 Å². The number of thioether (sulfide) groups is 1. The molecule has 0 radical (unpaired) electrons. The first-order valence-electron chi connectivity index (χ1n) is 5.68. The van der Waals surface area contributed by atoms with E-state index in [0.717, 1.165) is 21.7 Å². The minimum absolute atomic E-state index is 0.00884. The van der Waals surface area contributed by atoms with E-state index in [0.29, 0.717) is 6.04 Å². The molecule has 0 aromatic carbocycles. The maximum absolute atomic E-state index is 8.99. The van der Waals surface area contributed by atoms with Gasteiger partial charge in [0, 0.05) is 22.5 Å². The van der Waals surface area contributed by atoms with Gasteiger partial charge in [-0.1, -0.05) is 0 Å². The van der Waals surface area contributed by atoms with Gasteiger partial charge in [0.25, 0.3) is 0 Å². The van der Waals surface area contributed by atoms with Crippen molar-refractivity contribution < 1.29 is 0 Å². The smallest absolute Gasteiger partial charge is 0.0963 e. The second-order valence-corrected chi connectivity index (χ2v) is 6.11. The summed E-state index contributed by atoms with van der Waals surface area (Å²) in [6.07, 6.45) is 5.11. The van der Waals surface area contributed by atoms with Gasteiger partial charge in [-0.15, -0.1) is 11.8 Å². The van der Waals surface area contributed by atoms with E-state index in [9.17, 15) is 0 Å². The van der Waals surface area contributed by atoms with E-state index in [1.807, 2.05) is 12.1 Å². The van der Waals surface area contributed by atoms with E-state index in [-0.39, 0.29) is 6.04 Å². The fourth-order valence-electron chi connectivity index (χ4n) is 1.45. The van der Waals surface area contributed by atoms with Crippen molar-refractivity contribution in [2.24, 2.45) is 0 Å². The molecule has 5 heteroatoms. The summed E-state index contributed by atoms with van der Waals surface area (Å²) in [5, 5.41) is 13.3. The number of hydrogen-bond donors (Lipinski definition) is 1. The Balaban J connectivity index is 1.70. The van der Waals surface area contributed by atoms with Gasteiger partial charge in [0.05, 0.1) is 17.1 Å². The average Bonchev–Trinajstić information content (AvgIpc) is 3.14. The maximum atomic E-state index is 8.99. The molecule has 1 saturated carbocycles. The Hall–Kier alpha value is -0.570. The topological polar surface area (TPSA) is 48.7 Å². The van der Waals surface area contributed by atoms with Crippen LogP contribution < -0.4 is 5.32 Å². The second-order valence-electron chi connectivity index (χ2n) is 4.07. The van der Waals surface area contributed by atoms with E-state index in [2.05, 4.69) is 32.3 Å². The van der Waals surface area contributed by atoms with Gasteiger partial charge in [-0.3, -0.25) is 5.32 Å².